The van der Waals surface area contributed by atoms with Gasteiger partial charge in [0.05, 0.1) is 31.4 Å². The predicted molar refractivity (Wildman–Crippen MR) is 151 cm³/mol. The number of nitrogens with zero attached hydrogens (tertiary/aromatic N) is 4. The average molecular weight is 560 g/mol. The minimum Gasteiger partial charge on any atom is -0.497 e. The summed E-state index contributed by atoms with van der Waals surface area (Å²) in [5, 5.41) is 7.94. The first-order valence-electron chi connectivity index (χ1n) is 12.6. The molecule has 0 bridgehead atoms. The summed E-state index contributed by atoms with van der Waals surface area (Å²) < 4.78 is 42.8. The van der Waals surface area contributed by atoms with Crippen molar-refractivity contribution in [3.8, 4) is 22.8 Å². The highest BCUT2D eigenvalue weighted by Crippen LogP contribution is 2.26. The van der Waals surface area contributed by atoms with E-state index in [2.05, 4.69) is 15.4 Å². The molecule has 2 heterocycles. The maximum atomic E-state index is 12.6. The van der Waals surface area contributed by atoms with Gasteiger partial charge in [0.1, 0.15) is 11.5 Å². The summed E-state index contributed by atoms with van der Waals surface area (Å²) >= 11 is 0. The highest BCUT2D eigenvalue weighted by atomic mass is 32.2. The van der Waals surface area contributed by atoms with Gasteiger partial charge in [-0.2, -0.15) is 12.9 Å². The third kappa shape index (κ3) is 6.05. The van der Waals surface area contributed by atoms with Crippen LogP contribution in [0.2, 0.25) is 0 Å². The summed E-state index contributed by atoms with van der Waals surface area (Å²) in [6.45, 7) is 2.19. The normalized spacial score (nSPS) is 11.5. The maximum absolute atomic E-state index is 12.6. The molecule has 0 aliphatic rings. The Kier molecular flexibility index (Phi) is 7.94. The largest absolute Gasteiger partial charge is 0.497 e. The number of hydrogen-bond donors (Lipinski definition) is 1. The van der Waals surface area contributed by atoms with Crippen LogP contribution in [0.25, 0.3) is 16.9 Å². The van der Waals surface area contributed by atoms with Crippen LogP contribution < -0.4 is 14.8 Å². The number of nitrogens with one attached hydrogen (secondary N) is 1. The maximum Gasteiger partial charge on any atom is 0.296 e. The molecule has 0 saturated carbocycles. The molecule has 1 N–H and O–H groups in total. The number of rotatable bonds is 11. The van der Waals surface area contributed by atoms with Gasteiger partial charge >= 0.3 is 0 Å². The van der Waals surface area contributed by atoms with Crippen molar-refractivity contribution >= 4 is 21.7 Å². The van der Waals surface area contributed by atoms with E-state index in [0.29, 0.717) is 35.5 Å². The van der Waals surface area contributed by atoms with Crippen molar-refractivity contribution in [2.24, 2.45) is 0 Å². The number of anilines is 1. The van der Waals surface area contributed by atoms with Gasteiger partial charge in [-0.1, -0.05) is 48.0 Å². The van der Waals surface area contributed by atoms with E-state index in [1.54, 1.807) is 30.9 Å². The lowest BCUT2D eigenvalue weighted by atomic mass is 10.1. The Bertz CT molecular complexity index is 1720. The van der Waals surface area contributed by atoms with Gasteiger partial charge in [0.15, 0.2) is 11.5 Å². The van der Waals surface area contributed by atoms with Crippen LogP contribution >= 0.6 is 0 Å². The number of fused-ring (bicyclic) bond motifs is 1. The number of aryl methyl sites for hydroxylation is 1. The zero-order chi connectivity index (χ0) is 28.1. The zero-order valence-electron chi connectivity index (χ0n) is 22.4. The molecule has 0 radical (unpaired) electrons. The fourth-order valence-electron chi connectivity index (χ4n) is 4.10. The summed E-state index contributed by atoms with van der Waals surface area (Å²) in [4.78, 5) is 9.55. The van der Waals surface area contributed by atoms with E-state index in [9.17, 15) is 8.42 Å². The molecule has 11 heteroatoms. The molecule has 3 aromatic carbocycles. The van der Waals surface area contributed by atoms with Crippen molar-refractivity contribution < 1.29 is 22.1 Å². The summed E-state index contributed by atoms with van der Waals surface area (Å²) in [5.41, 5.74) is 4.07. The fraction of sp³-hybridized carbons (Fsp3) is 0.207. The van der Waals surface area contributed by atoms with Crippen LogP contribution in [0.15, 0.2) is 83.8 Å². The Morgan fingerprint density at radius 3 is 2.40 bits per heavy atom. The van der Waals surface area contributed by atoms with E-state index >= 15 is 0 Å². The zero-order valence-corrected chi connectivity index (χ0v) is 23.2. The smallest absolute Gasteiger partial charge is 0.296 e. The van der Waals surface area contributed by atoms with E-state index in [4.69, 9.17) is 18.6 Å². The van der Waals surface area contributed by atoms with Crippen LogP contribution in [0.5, 0.6) is 11.5 Å². The second-order valence-electron chi connectivity index (χ2n) is 9.00. The molecule has 0 fully saturated rings. The van der Waals surface area contributed by atoms with Crippen LogP contribution in [0.4, 0.5) is 5.95 Å². The quantitative estimate of drug-likeness (QED) is 0.230. The molecule has 0 amide bonds. The van der Waals surface area contributed by atoms with Gasteiger partial charge in [0.2, 0.25) is 5.95 Å². The predicted octanol–water partition coefficient (Wildman–Crippen LogP) is 4.68. The number of hydrogen-bond acceptors (Lipinski definition) is 9. The van der Waals surface area contributed by atoms with Crippen molar-refractivity contribution in [3.63, 3.8) is 0 Å². The van der Waals surface area contributed by atoms with Gasteiger partial charge in [-0.25, -0.2) is 9.97 Å². The van der Waals surface area contributed by atoms with Gasteiger partial charge < -0.3 is 14.8 Å². The van der Waals surface area contributed by atoms with Crippen molar-refractivity contribution in [1.82, 2.24) is 19.6 Å². The lowest BCUT2D eigenvalue weighted by Gasteiger charge is -2.13. The molecule has 0 atom stereocenters. The first-order chi connectivity index (χ1) is 19.4. The van der Waals surface area contributed by atoms with Crippen molar-refractivity contribution in [3.05, 3.63) is 95.8 Å². The topological polar surface area (TPSA) is 117 Å². The van der Waals surface area contributed by atoms with E-state index in [1.807, 2.05) is 61.5 Å². The molecule has 5 rings (SSSR count). The molecule has 0 aliphatic carbocycles. The fourth-order valence-corrected chi connectivity index (χ4v) is 5.01. The summed E-state index contributed by atoms with van der Waals surface area (Å²) in [5.74, 6) is 2.27. The average Bonchev–Trinajstić information content (AvgIpc) is 3.39. The van der Waals surface area contributed by atoms with Gasteiger partial charge in [-0.05, 0) is 31.2 Å². The summed E-state index contributed by atoms with van der Waals surface area (Å²) in [6.07, 6.45) is 0.194. The van der Waals surface area contributed by atoms with Crippen LogP contribution in [0, 0.1) is 6.92 Å². The SMILES string of the molecule is COc1ccc(CNc2nc(-c3ccccc3)cc3nc(CCOS(=O)(=O)c4ccc(C)cc4)nn23)c(OC)c1. The molecule has 40 heavy (non-hydrogen) atoms. The Labute approximate surface area is 232 Å². The number of aromatic nitrogens is 4. The van der Waals surface area contributed by atoms with E-state index < -0.39 is 10.1 Å². The third-order valence-corrected chi connectivity index (χ3v) is 7.57. The molecular weight excluding hydrogens is 530 g/mol. The number of methoxy groups -OCH3 is 2. The van der Waals surface area contributed by atoms with Gasteiger partial charge in [-0.3, -0.25) is 4.18 Å². The minimum atomic E-state index is -3.89. The first-order valence-corrected chi connectivity index (χ1v) is 14.0. The van der Waals surface area contributed by atoms with Crippen LogP contribution in [0.3, 0.4) is 0 Å². The summed E-state index contributed by atoms with van der Waals surface area (Å²) in [6, 6.07) is 23.7. The van der Waals surface area contributed by atoms with Crippen LogP contribution in [0.1, 0.15) is 17.0 Å². The van der Waals surface area contributed by atoms with Crippen molar-refractivity contribution in [2.45, 2.75) is 24.8 Å². The second kappa shape index (κ2) is 11.7. The first kappa shape index (κ1) is 27.1. The lowest BCUT2D eigenvalue weighted by Crippen LogP contribution is -2.10. The second-order valence-corrected chi connectivity index (χ2v) is 10.6. The Hall–Kier alpha value is -4.48. The highest BCUT2D eigenvalue weighted by molar-refractivity contribution is 7.86. The van der Waals surface area contributed by atoms with Crippen molar-refractivity contribution in [1.29, 1.82) is 0 Å². The number of ether oxygens (including phenoxy) is 2. The van der Waals surface area contributed by atoms with Gasteiger partial charge in [0, 0.05) is 36.2 Å². The van der Waals surface area contributed by atoms with Gasteiger partial charge in [-0.15, -0.1) is 5.10 Å². The monoisotopic (exact) mass is 559 g/mol. The van der Waals surface area contributed by atoms with E-state index in [-0.39, 0.29) is 17.9 Å². The van der Waals surface area contributed by atoms with Crippen LogP contribution in [-0.2, 0) is 27.3 Å². The Balaban J connectivity index is 1.40. The van der Waals surface area contributed by atoms with E-state index in [1.165, 1.54) is 12.1 Å². The molecule has 0 aliphatic heterocycles. The molecule has 0 unspecified atom stereocenters. The minimum absolute atomic E-state index is 0.0993. The molecular formula is C29H29N5O5S. The molecule has 0 spiro atoms. The molecule has 5 aromatic rings. The third-order valence-electron chi connectivity index (χ3n) is 6.24. The molecule has 206 valence electrons. The van der Waals surface area contributed by atoms with Crippen molar-refractivity contribution in [2.75, 3.05) is 26.1 Å². The van der Waals surface area contributed by atoms with Gasteiger partial charge in [0.25, 0.3) is 10.1 Å². The molecule has 10 nitrogen and oxygen atoms in total. The molecule has 0 saturated heterocycles. The standard InChI is InChI=1S/C29H29N5O5S/c1-20-9-13-24(14-10-20)40(35,36)39-16-15-27-32-28-18-25(21-7-5-4-6-8-21)31-29(34(28)33-27)30-19-22-11-12-23(37-2)17-26(22)38-3/h4-14,17-18H,15-16,19H2,1-3H3,(H,30,31). The Morgan fingerprint density at radius 1 is 0.900 bits per heavy atom. The summed E-state index contributed by atoms with van der Waals surface area (Å²) in [7, 11) is -0.675. The Morgan fingerprint density at radius 2 is 1.68 bits per heavy atom. The highest BCUT2D eigenvalue weighted by Gasteiger charge is 2.17. The lowest BCUT2D eigenvalue weighted by molar-refractivity contribution is 0.319. The molecule has 2 aromatic heterocycles. The van der Waals surface area contributed by atoms with E-state index in [0.717, 1.165) is 22.4 Å². The number of benzene rings is 3. The van der Waals surface area contributed by atoms with Crippen LogP contribution in [-0.4, -0.2) is 48.8 Å².